The molecule has 2 fully saturated rings. The minimum Gasteiger partial charge on any atom is -0.484 e. The van der Waals surface area contributed by atoms with Crippen LogP contribution in [0.15, 0.2) is 24.3 Å². The minimum atomic E-state index is -3.06. The first-order valence-electron chi connectivity index (χ1n) is 8.91. The summed E-state index contributed by atoms with van der Waals surface area (Å²) in [5.74, 6) is 0.903. The first-order chi connectivity index (χ1) is 12.0. The summed E-state index contributed by atoms with van der Waals surface area (Å²) in [4.78, 5) is 11.9. The highest BCUT2D eigenvalue weighted by molar-refractivity contribution is 7.90. The molecule has 1 aromatic carbocycles. The van der Waals surface area contributed by atoms with Gasteiger partial charge in [-0.05, 0) is 50.2 Å². The Labute approximate surface area is 149 Å². The second-order valence-corrected chi connectivity index (χ2v) is 9.16. The van der Waals surface area contributed by atoms with Crippen molar-refractivity contribution in [3.8, 4) is 5.75 Å². The number of hydrogen-bond donors (Lipinski definition) is 1. The molecule has 1 N–H and O–H groups in total. The van der Waals surface area contributed by atoms with Crippen molar-refractivity contribution < 1.29 is 17.9 Å². The molecular formula is C18H26N2O4S. The van der Waals surface area contributed by atoms with Crippen molar-refractivity contribution in [3.63, 3.8) is 0 Å². The number of piperidine rings is 1. The first-order valence-corrected chi connectivity index (χ1v) is 10.4. The van der Waals surface area contributed by atoms with E-state index in [0.29, 0.717) is 25.6 Å². The summed E-state index contributed by atoms with van der Waals surface area (Å²) in [7, 11) is -3.06. The van der Waals surface area contributed by atoms with Crippen LogP contribution in [0.1, 0.15) is 31.2 Å². The van der Waals surface area contributed by atoms with Crippen molar-refractivity contribution in [1.29, 1.82) is 0 Å². The highest BCUT2D eigenvalue weighted by Gasteiger charge is 2.41. The van der Waals surface area contributed by atoms with Crippen LogP contribution in [0, 0.1) is 12.8 Å². The van der Waals surface area contributed by atoms with E-state index in [1.807, 2.05) is 31.2 Å². The lowest BCUT2D eigenvalue weighted by Crippen LogP contribution is -2.43. The lowest BCUT2D eigenvalue weighted by Gasteiger charge is -2.31. The quantitative estimate of drug-likeness (QED) is 0.797. The molecule has 0 unspecified atom stereocenters. The molecule has 1 amide bonds. The number of sulfonamides is 1. The molecule has 2 aliphatic rings. The second kappa shape index (κ2) is 7.74. The van der Waals surface area contributed by atoms with Crippen LogP contribution < -0.4 is 10.1 Å². The Morgan fingerprint density at radius 1 is 1.20 bits per heavy atom. The van der Waals surface area contributed by atoms with Crippen LogP contribution >= 0.6 is 0 Å². The van der Waals surface area contributed by atoms with E-state index >= 15 is 0 Å². The number of hydrogen-bond acceptors (Lipinski definition) is 4. The van der Waals surface area contributed by atoms with Crippen LogP contribution in [-0.4, -0.2) is 50.1 Å². The fraction of sp³-hybridized carbons (Fsp3) is 0.611. The predicted octanol–water partition coefficient (Wildman–Crippen LogP) is 1.69. The van der Waals surface area contributed by atoms with E-state index < -0.39 is 10.0 Å². The van der Waals surface area contributed by atoms with Gasteiger partial charge in [-0.2, -0.15) is 0 Å². The van der Waals surface area contributed by atoms with Gasteiger partial charge in [-0.25, -0.2) is 12.7 Å². The Kier molecular flexibility index (Phi) is 5.64. The van der Waals surface area contributed by atoms with E-state index in [-0.39, 0.29) is 17.8 Å². The van der Waals surface area contributed by atoms with Gasteiger partial charge in [-0.3, -0.25) is 4.79 Å². The van der Waals surface area contributed by atoms with Gasteiger partial charge in [0.25, 0.3) is 5.91 Å². The summed E-state index contributed by atoms with van der Waals surface area (Å²) in [6, 6.07) is 7.59. The first kappa shape index (κ1) is 18.2. The Morgan fingerprint density at radius 3 is 2.52 bits per heavy atom. The topological polar surface area (TPSA) is 75.7 Å². The number of amides is 1. The van der Waals surface area contributed by atoms with Crippen LogP contribution in [0.3, 0.4) is 0 Å². The van der Waals surface area contributed by atoms with E-state index in [4.69, 9.17) is 4.74 Å². The Hall–Kier alpha value is -1.60. The molecule has 3 rings (SSSR count). The van der Waals surface area contributed by atoms with Crippen molar-refractivity contribution in [3.05, 3.63) is 29.8 Å². The normalized spacial score (nSPS) is 19.6. The van der Waals surface area contributed by atoms with E-state index in [1.165, 1.54) is 0 Å². The SMILES string of the molecule is Cc1ccccc1OCC(=O)NCC1CCN(S(=O)(=O)C2CC2)CC1. The third-order valence-corrected chi connectivity index (χ3v) is 7.32. The van der Waals surface area contributed by atoms with Crippen LogP contribution in [0.25, 0.3) is 0 Å². The lowest BCUT2D eigenvalue weighted by atomic mass is 9.98. The molecule has 1 aliphatic heterocycles. The van der Waals surface area contributed by atoms with Gasteiger partial charge in [0.15, 0.2) is 6.61 Å². The van der Waals surface area contributed by atoms with E-state index in [1.54, 1.807) is 4.31 Å². The average molecular weight is 366 g/mol. The molecule has 6 nitrogen and oxygen atoms in total. The summed E-state index contributed by atoms with van der Waals surface area (Å²) in [5, 5.41) is 2.76. The molecule has 0 atom stereocenters. The lowest BCUT2D eigenvalue weighted by molar-refractivity contribution is -0.123. The summed E-state index contributed by atoms with van der Waals surface area (Å²) < 4.78 is 31.6. The second-order valence-electron chi connectivity index (χ2n) is 6.94. The van der Waals surface area contributed by atoms with E-state index in [2.05, 4.69) is 5.32 Å². The smallest absolute Gasteiger partial charge is 0.257 e. The van der Waals surface area contributed by atoms with Crippen LogP contribution in [0.4, 0.5) is 0 Å². The summed E-state index contributed by atoms with van der Waals surface area (Å²) in [5.41, 5.74) is 1.000. The predicted molar refractivity (Wildman–Crippen MR) is 95.9 cm³/mol. The van der Waals surface area contributed by atoms with Gasteiger partial charge < -0.3 is 10.1 Å². The summed E-state index contributed by atoms with van der Waals surface area (Å²) in [6.07, 6.45) is 3.20. The van der Waals surface area contributed by atoms with Gasteiger partial charge >= 0.3 is 0 Å². The highest BCUT2D eigenvalue weighted by Crippen LogP contribution is 2.33. The van der Waals surface area contributed by atoms with Gasteiger partial charge in [0.2, 0.25) is 10.0 Å². The number of aryl methyl sites for hydroxylation is 1. The number of benzene rings is 1. The molecule has 0 bridgehead atoms. The average Bonchev–Trinajstić information content (AvgIpc) is 3.45. The van der Waals surface area contributed by atoms with Crippen molar-refractivity contribution in [1.82, 2.24) is 9.62 Å². The van der Waals surface area contributed by atoms with Crippen molar-refractivity contribution in [2.24, 2.45) is 5.92 Å². The van der Waals surface area contributed by atoms with Crippen molar-refractivity contribution in [2.45, 2.75) is 37.9 Å². The van der Waals surface area contributed by atoms with E-state index in [0.717, 1.165) is 37.0 Å². The van der Waals surface area contributed by atoms with Crippen LogP contribution in [0.5, 0.6) is 5.75 Å². The standard InChI is InChI=1S/C18H26N2O4S/c1-14-4-2-3-5-17(14)24-13-18(21)19-12-15-8-10-20(11-9-15)25(22,23)16-6-7-16/h2-5,15-16H,6-13H2,1H3,(H,19,21). The Balaban J connectivity index is 1.37. The van der Waals surface area contributed by atoms with Gasteiger partial charge in [-0.1, -0.05) is 18.2 Å². The van der Waals surface area contributed by atoms with Gasteiger partial charge in [0.05, 0.1) is 5.25 Å². The number of nitrogens with one attached hydrogen (secondary N) is 1. The number of ether oxygens (including phenoxy) is 1. The molecule has 0 aromatic heterocycles. The maximum Gasteiger partial charge on any atom is 0.257 e. The zero-order valence-electron chi connectivity index (χ0n) is 14.6. The minimum absolute atomic E-state index is 0.000240. The van der Waals surface area contributed by atoms with Gasteiger partial charge in [-0.15, -0.1) is 0 Å². The fourth-order valence-corrected chi connectivity index (χ4v) is 4.99. The number of carbonyl (C=O) groups is 1. The molecule has 25 heavy (non-hydrogen) atoms. The molecule has 1 aliphatic carbocycles. The third-order valence-electron chi connectivity index (χ3n) is 4.92. The highest BCUT2D eigenvalue weighted by atomic mass is 32.2. The van der Waals surface area contributed by atoms with E-state index in [9.17, 15) is 13.2 Å². The molecular weight excluding hydrogens is 340 g/mol. The molecule has 0 radical (unpaired) electrons. The van der Waals surface area contributed by atoms with Crippen LogP contribution in [-0.2, 0) is 14.8 Å². The third kappa shape index (κ3) is 4.73. The maximum atomic E-state index is 12.2. The number of nitrogens with zero attached hydrogens (tertiary/aromatic N) is 1. The number of carbonyl (C=O) groups excluding carboxylic acids is 1. The molecule has 7 heteroatoms. The van der Waals surface area contributed by atoms with Crippen LogP contribution in [0.2, 0.25) is 0 Å². The number of para-hydroxylation sites is 1. The monoisotopic (exact) mass is 366 g/mol. The molecule has 1 saturated carbocycles. The largest absolute Gasteiger partial charge is 0.484 e. The molecule has 1 heterocycles. The maximum absolute atomic E-state index is 12.2. The summed E-state index contributed by atoms with van der Waals surface area (Å²) in [6.45, 7) is 3.65. The molecule has 0 spiro atoms. The Bertz CT molecular complexity index is 708. The number of rotatable bonds is 7. The fourth-order valence-electron chi connectivity index (χ4n) is 3.12. The zero-order chi connectivity index (χ0) is 17.9. The molecule has 1 aromatic rings. The Morgan fingerprint density at radius 2 is 1.88 bits per heavy atom. The summed E-state index contributed by atoms with van der Waals surface area (Å²) >= 11 is 0. The zero-order valence-corrected chi connectivity index (χ0v) is 15.4. The van der Waals surface area contributed by atoms with Gasteiger partial charge in [0, 0.05) is 19.6 Å². The van der Waals surface area contributed by atoms with Gasteiger partial charge in [0.1, 0.15) is 5.75 Å². The van der Waals surface area contributed by atoms with Crippen molar-refractivity contribution in [2.75, 3.05) is 26.2 Å². The molecule has 138 valence electrons. The van der Waals surface area contributed by atoms with Crippen molar-refractivity contribution >= 4 is 15.9 Å². The molecule has 1 saturated heterocycles.